The number of nitrogens with two attached hydrogens (primary N) is 1. The molecular weight excluding hydrogens is 234 g/mol. The molecule has 0 spiro atoms. The van der Waals surface area contributed by atoms with Gasteiger partial charge in [-0.15, -0.1) is 0 Å². The van der Waals surface area contributed by atoms with Crippen molar-refractivity contribution >= 4 is 0 Å². The second-order valence-electron chi connectivity index (χ2n) is 6.00. The van der Waals surface area contributed by atoms with Gasteiger partial charge >= 0.3 is 0 Å². The lowest BCUT2D eigenvalue weighted by Gasteiger charge is -2.34. The Kier molecular flexibility index (Phi) is 5.26. The maximum Gasteiger partial charge on any atom is 0.119 e. The van der Waals surface area contributed by atoms with E-state index < -0.39 is 0 Å². The largest absolute Gasteiger partial charge is 0.497 e. The first-order valence-electron chi connectivity index (χ1n) is 7.61. The lowest BCUT2D eigenvalue weighted by atomic mass is 9.72. The molecule has 1 aromatic rings. The zero-order chi connectivity index (χ0) is 13.6. The van der Waals surface area contributed by atoms with Crippen LogP contribution in [0.15, 0.2) is 24.3 Å². The van der Waals surface area contributed by atoms with Crippen molar-refractivity contribution in [2.75, 3.05) is 13.7 Å². The first-order chi connectivity index (χ1) is 9.28. The van der Waals surface area contributed by atoms with Crippen LogP contribution in [0.25, 0.3) is 0 Å². The number of rotatable bonds is 4. The van der Waals surface area contributed by atoms with E-state index in [0.29, 0.717) is 5.41 Å². The van der Waals surface area contributed by atoms with Gasteiger partial charge in [-0.2, -0.15) is 0 Å². The molecule has 2 rings (SSSR count). The molecule has 2 N–H and O–H groups in total. The van der Waals surface area contributed by atoms with E-state index in [4.69, 9.17) is 10.5 Å². The molecule has 1 aliphatic carbocycles. The molecule has 1 aliphatic rings. The average molecular weight is 261 g/mol. The van der Waals surface area contributed by atoms with Crippen LogP contribution in [0, 0.1) is 5.41 Å². The van der Waals surface area contributed by atoms with Gasteiger partial charge in [-0.25, -0.2) is 0 Å². The molecule has 2 heteroatoms. The van der Waals surface area contributed by atoms with Gasteiger partial charge in [0.15, 0.2) is 0 Å². The van der Waals surface area contributed by atoms with E-state index in [9.17, 15) is 0 Å². The highest BCUT2D eigenvalue weighted by molar-refractivity contribution is 5.29. The summed E-state index contributed by atoms with van der Waals surface area (Å²) in [4.78, 5) is 0. The molecule has 1 saturated carbocycles. The van der Waals surface area contributed by atoms with E-state index in [1.54, 1.807) is 7.11 Å². The third kappa shape index (κ3) is 3.97. The first-order valence-corrected chi connectivity index (χ1v) is 7.61. The number of methoxy groups -OCH3 is 1. The molecule has 1 fully saturated rings. The van der Waals surface area contributed by atoms with Gasteiger partial charge < -0.3 is 10.5 Å². The smallest absolute Gasteiger partial charge is 0.119 e. The normalized spacial score (nSPS) is 19.5. The maximum absolute atomic E-state index is 6.15. The summed E-state index contributed by atoms with van der Waals surface area (Å²) in [6, 6.07) is 8.47. The Morgan fingerprint density at radius 1 is 1.11 bits per heavy atom. The van der Waals surface area contributed by atoms with Crippen LogP contribution in [-0.2, 0) is 6.42 Å². The SMILES string of the molecule is COc1cccc(CC2(CN)CCCCCCC2)c1. The summed E-state index contributed by atoms with van der Waals surface area (Å²) < 4.78 is 5.32. The molecule has 0 unspecified atom stereocenters. The van der Waals surface area contributed by atoms with Crippen LogP contribution in [0.4, 0.5) is 0 Å². The molecule has 2 nitrogen and oxygen atoms in total. The summed E-state index contributed by atoms with van der Waals surface area (Å²) in [6.07, 6.45) is 10.5. The predicted octanol–water partition coefficient (Wildman–Crippen LogP) is 3.93. The fourth-order valence-electron chi connectivity index (χ4n) is 3.32. The van der Waals surface area contributed by atoms with Crippen LogP contribution in [0.2, 0.25) is 0 Å². The molecular formula is C17H27NO. The lowest BCUT2D eigenvalue weighted by Crippen LogP contribution is -2.33. The minimum atomic E-state index is 0.312. The van der Waals surface area contributed by atoms with E-state index in [2.05, 4.69) is 18.2 Å². The Hall–Kier alpha value is -1.02. The fraction of sp³-hybridized carbons (Fsp3) is 0.647. The Morgan fingerprint density at radius 2 is 1.79 bits per heavy atom. The Labute approximate surface area is 117 Å². The van der Waals surface area contributed by atoms with E-state index in [-0.39, 0.29) is 0 Å². The Balaban J connectivity index is 2.10. The molecule has 0 radical (unpaired) electrons. The minimum Gasteiger partial charge on any atom is -0.497 e. The summed E-state index contributed by atoms with van der Waals surface area (Å²) >= 11 is 0. The maximum atomic E-state index is 6.15. The second kappa shape index (κ2) is 6.95. The van der Waals surface area contributed by atoms with Crippen LogP contribution in [0.3, 0.4) is 0 Å². The molecule has 106 valence electrons. The topological polar surface area (TPSA) is 35.2 Å². The van der Waals surface area contributed by atoms with E-state index in [1.165, 1.54) is 50.5 Å². The first kappa shape index (κ1) is 14.4. The van der Waals surface area contributed by atoms with Crippen molar-refractivity contribution in [1.29, 1.82) is 0 Å². The van der Waals surface area contributed by atoms with Crippen LogP contribution in [-0.4, -0.2) is 13.7 Å². The van der Waals surface area contributed by atoms with Gasteiger partial charge in [0.2, 0.25) is 0 Å². The monoisotopic (exact) mass is 261 g/mol. The average Bonchev–Trinajstić information content (AvgIpc) is 2.42. The molecule has 0 heterocycles. The fourth-order valence-corrected chi connectivity index (χ4v) is 3.32. The standard InChI is InChI=1S/C17H27NO/c1-19-16-9-7-8-15(12-16)13-17(14-18)10-5-3-2-4-6-11-17/h7-9,12H,2-6,10-11,13-14,18H2,1H3. The molecule has 0 saturated heterocycles. The van der Waals surface area contributed by atoms with Crippen LogP contribution >= 0.6 is 0 Å². The summed E-state index contributed by atoms with van der Waals surface area (Å²) in [5, 5.41) is 0. The van der Waals surface area contributed by atoms with Crippen molar-refractivity contribution < 1.29 is 4.74 Å². The third-order valence-electron chi connectivity index (χ3n) is 4.56. The third-order valence-corrected chi connectivity index (χ3v) is 4.56. The van der Waals surface area contributed by atoms with Crippen molar-refractivity contribution in [2.24, 2.45) is 11.1 Å². The summed E-state index contributed by atoms with van der Waals surface area (Å²) in [5.74, 6) is 0.954. The second-order valence-corrected chi connectivity index (χ2v) is 6.00. The molecule has 0 amide bonds. The highest BCUT2D eigenvalue weighted by atomic mass is 16.5. The summed E-state index contributed by atoms with van der Waals surface area (Å²) in [5.41, 5.74) is 7.82. The number of benzene rings is 1. The quantitative estimate of drug-likeness (QED) is 0.891. The van der Waals surface area contributed by atoms with Crippen molar-refractivity contribution in [2.45, 2.75) is 51.4 Å². The van der Waals surface area contributed by atoms with E-state index in [0.717, 1.165) is 18.7 Å². The predicted molar refractivity (Wildman–Crippen MR) is 80.5 cm³/mol. The van der Waals surface area contributed by atoms with Gasteiger partial charge in [0.25, 0.3) is 0 Å². The van der Waals surface area contributed by atoms with Gasteiger partial charge in [0, 0.05) is 0 Å². The molecule has 0 atom stereocenters. The number of ether oxygens (including phenoxy) is 1. The lowest BCUT2D eigenvalue weighted by molar-refractivity contribution is 0.217. The van der Waals surface area contributed by atoms with Gasteiger partial charge in [0.1, 0.15) is 5.75 Å². The minimum absolute atomic E-state index is 0.312. The van der Waals surface area contributed by atoms with Crippen molar-refractivity contribution in [3.05, 3.63) is 29.8 Å². The van der Waals surface area contributed by atoms with Crippen molar-refractivity contribution in [3.63, 3.8) is 0 Å². The molecule has 1 aromatic carbocycles. The zero-order valence-corrected chi connectivity index (χ0v) is 12.2. The molecule has 0 aliphatic heterocycles. The Morgan fingerprint density at radius 3 is 2.42 bits per heavy atom. The number of hydrogen-bond donors (Lipinski definition) is 1. The van der Waals surface area contributed by atoms with E-state index in [1.807, 2.05) is 6.07 Å². The summed E-state index contributed by atoms with van der Waals surface area (Å²) in [6.45, 7) is 0.810. The van der Waals surface area contributed by atoms with Crippen molar-refractivity contribution in [3.8, 4) is 5.75 Å². The highest BCUT2D eigenvalue weighted by Gasteiger charge is 2.29. The van der Waals surface area contributed by atoms with Gasteiger partial charge in [-0.1, -0.05) is 44.2 Å². The van der Waals surface area contributed by atoms with Gasteiger partial charge in [0.05, 0.1) is 7.11 Å². The molecule has 0 bridgehead atoms. The van der Waals surface area contributed by atoms with Crippen molar-refractivity contribution in [1.82, 2.24) is 0 Å². The Bertz CT molecular complexity index is 381. The van der Waals surface area contributed by atoms with Gasteiger partial charge in [-0.3, -0.25) is 0 Å². The van der Waals surface area contributed by atoms with Crippen LogP contribution in [0.1, 0.15) is 50.5 Å². The number of hydrogen-bond acceptors (Lipinski definition) is 2. The van der Waals surface area contributed by atoms with E-state index >= 15 is 0 Å². The molecule has 0 aromatic heterocycles. The summed E-state index contributed by atoms with van der Waals surface area (Å²) in [7, 11) is 1.73. The zero-order valence-electron chi connectivity index (χ0n) is 12.2. The van der Waals surface area contributed by atoms with Crippen LogP contribution < -0.4 is 10.5 Å². The van der Waals surface area contributed by atoms with Crippen LogP contribution in [0.5, 0.6) is 5.75 Å². The van der Waals surface area contributed by atoms with Gasteiger partial charge in [-0.05, 0) is 48.9 Å². The molecule has 19 heavy (non-hydrogen) atoms. The highest BCUT2D eigenvalue weighted by Crippen LogP contribution is 2.36.